The van der Waals surface area contributed by atoms with Crippen LogP contribution in [0.1, 0.15) is 106 Å². The maximum absolute atomic E-state index is 14.3. The van der Waals surface area contributed by atoms with Crippen LogP contribution < -0.4 is 10.6 Å². The van der Waals surface area contributed by atoms with Gasteiger partial charge in [0.25, 0.3) is 0 Å². The Balaban J connectivity index is 1.41. The highest BCUT2D eigenvalue weighted by Crippen LogP contribution is 2.48. The Labute approximate surface area is 378 Å². The van der Waals surface area contributed by atoms with Crippen molar-refractivity contribution in [2.24, 2.45) is 16.8 Å². The molecule has 2 unspecified atom stereocenters. The Morgan fingerprint density at radius 2 is 1.16 bits per heavy atom. The van der Waals surface area contributed by atoms with Crippen molar-refractivity contribution >= 4 is 83.8 Å². The number of aromatic nitrogens is 3. The lowest BCUT2D eigenvalue weighted by Gasteiger charge is -2.16. The molecule has 63 heavy (non-hydrogen) atoms. The molecular formula is C53H56N6O2S2. The number of unbranched alkanes of at least 4 members (excludes halogenated alkanes) is 2. The number of nitrogens with zero attached hydrogens (tertiary/aromatic N) is 3. The quantitative estimate of drug-likeness (QED) is 0.0897. The van der Waals surface area contributed by atoms with Crippen molar-refractivity contribution in [3.8, 4) is 21.7 Å². The van der Waals surface area contributed by atoms with Gasteiger partial charge in [0, 0.05) is 23.0 Å². The highest BCUT2D eigenvalue weighted by Gasteiger charge is 2.33. The van der Waals surface area contributed by atoms with E-state index < -0.39 is 0 Å². The minimum Gasteiger partial charge on any atom is -0.341 e. The first kappa shape index (κ1) is 43.7. The number of carbonyl (C=O) groups is 2. The molecule has 2 amide bonds. The number of benzene rings is 4. The van der Waals surface area contributed by atoms with E-state index in [1.165, 1.54) is 0 Å². The third-order valence-electron chi connectivity index (χ3n) is 12.2. The summed E-state index contributed by atoms with van der Waals surface area (Å²) >= 11 is 3.21. The summed E-state index contributed by atoms with van der Waals surface area (Å²) in [6, 6.07) is 33.0. The molecule has 8 rings (SSSR count). The molecule has 0 saturated heterocycles. The number of thiazole rings is 2. The predicted molar refractivity (Wildman–Crippen MR) is 266 cm³/mol. The summed E-state index contributed by atoms with van der Waals surface area (Å²) in [5, 5.41) is 8.32. The molecule has 0 saturated carbocycles. The molecule has 3 N–H and O–H groups in total. The van der Waals surface area contributed by atoms with Gasteiger partial charge in [-0.05, 0) is 92.1 Å². The molecule has 10 heteroatoms. The molecule has 2 atom stereocenters. The van der Waals surface area contributed by atoms with Gasteiger partial charge in [-0.1, -0.05) is 126 Å². The summed E-state index contributed by atoms with van der Waals surface area (Å²) in [5.41, 5.74) is 10.8. The monoisotopic (exact) mass is 872 g/mol. The zero-order valence-corrected chi connectivity index (χ0v) is 38.7. The van der Waals surface area contributed by atoms with Gasteiger partial charge >= 0.3 is 0 Å². The zero-order valence-electron chi connectivity index (χ0n) is 37.1. The minimum atomic E-state index is -0.151. The van der Waals surface area contributed by atoms with Crippen molar-refractivity contribution in [3.05, 3.63) is 130 Å². The van der Waals surface area contributed by atoms with Crippen molar-refractivity contribution in [1.29, 1.82) is 0 Å². The highest BCUT2D eigenvalue weighted by molar-refractivity contribution is 7.21. The van der Waals surface area contributed by atoms with Crippen LogP contribution in [0.15, 0.2) is 108 Å². The Hall–Kier alpha value is -5.97. The van der Waals surface area contributed by atoms with E-state index in [2.05, 4.69) is 106 Å². The Morgan fingerprint density at radius 3 is 1.73 bits per heavy atom. The van der Waals surface area contributed by atoms with Crippen molar-refractivity contribution in [2.75, 3.05) is 5.32 Å². The number of fused-ring (bicyclic) bond motifs is 2. The van der Waals surface area contributed by atoms with Crippen LogP contribution in [0.5, 0.6) is 0 Å². The molecule has 0 bridgehead atoms. The Morgan fingerprint density at radius 1 is 0.635 bits per heavy atom. The molecule has 0 aliphatic carbocycles. The fourth-order valence-corrected chi connectivity index (χ4v) is 10.6. The van der Waals surface area contributed by atoms with Crippen LogP contribution in [-0.4, -0.2) is 32.6 Å². The molecule has 7 aromatic rings. The molecule has 4 heterocycles. The first-order valence-electron chi connectivity index (χ1n) is 22.5. The Kier molecular flexibility index (Phi) is 13.6. The molecule has 0 spiro atoms. The standard InChI is InChI=1S/C53H56N6O2S2/c1-7-11-23-34(9-3)50(60)58-48-46(52-56-38-27-17-19-29-42(38)62-52)44(36-25-15-13-21-32(36)5)40(54-48)31-41-45(37-26-16-14-22-33(37)6)47(53-57-39-28-18-20-30-43(39)63-53)49(55-41)59-51(61)35(10-4)24-12-8-2/h13-22,25-31,34-35,54H,7-12,23-24H2,1-6H3,(H,58,60)(H,55,59,61). The van der Waals surface area contributed by atoms with Gasteiger partial charge in [-0.15, -0.1) is 22.7 Å². The lowest BCUT2D eigenvalue weighted by atomic mass is 9.92. The lowest BCUT2D eigenvalue weighted by Crippen LogP contribution is -2.35. The molecule has 322 valence electrons. The summed E-state index contributed by atoms with van der Waals surface area (Å²) in [4.78, 5) is 48.1. The van der Waals surface area contributed by atoms with E-state index in [0.717, 1.165) is 132 Å². The summed E-state index contributed by atoms with van der Waals surface area (Å²) < 4.78 is 2.12. The van der Waals surface area contributed by atoms with E-state index in [1.54, 1.807) is 22.7 Å². The van der Waals surface area contributed by atoms with Gasteiger partial charge in [-0.3, -0.25) is 9.59 Å². The van der Waals surface area contributed by atoms with Crippen LogP contribution in [-0.2, 0) is 9.59 Å². The van der Waals surface area contributed by atoms with Crippen LogP contribution in [0.25, 0.3) is 59.4 Å². The molecule has 3 aromatic heterocycles. The van der Waals surface area contributed by atoms with Crippen molar-refractivity contribution in [1.82, 2.24) is 20.3 Å². The predicted octanol–water partition coefficient (Wildman–Crippen LogP) is 14.0. The van der Waals surface area contributed by atoms with Gasteiger partial charge in [0.1, 0.15) is 21.7 Å². The summed E-state index contributed by atoms with van der Waals surface area (Å²) in [6.45, 7) is 12.7. The maximum Gasteiger partial charge on any atom is 0.228 e. The molecule has 1 aliphatic heterocycles. The van der Waals surface area contributed by atoms with Crippen LogP contribution in [0.4, 0.5) is 5.82 Å². The van der Waals surface area contributed by atoms with Gasteiger partial charge in [-0.2, -0.15) is 0 Å². The number of allylic oxidation sites excluding steroid dienone is 1. The second-order valence-electron chi connectivity index (χ2n) is 16.5. The van der Waals surface area contributed by atoms with Gasteiger partial charge in [-0.25, -0.2) is 15.0 Å². The van der Waals surface area contributed by atoms with Crippen LogP contribution in [0.3, 0.4) is 0 Å². The first-order valence-corrected chi connectivity index (χ1v) is 24.1. The second-order valence-corrected chi connectivity index (χ2v) is 18.5. The normalized spacial score (nSPS) is 14.4. The third-order valence-corrected chi connectivity index (χ3v) is 14.3. The number of para-hydroxylation sites is 2. The van der Waals surface area contributed by atoms with E-state index >= 15 is 0 Å². The van der Waals surface area contributed by atoms with E-state index in [0.29, 0.717) is 17.4 Å². The fraction of sp³-hybridized carbons (Fsp3) is 0.302. The number of aryl methyl sites for hydroxylation is 2. The van der Waals surface area contributed by atoms with Crippen LogP contribution in [0, 0.1) is 25.7 Å². The number of rotatable bonds is 16. The van der Waals surface area contributed by atoms with E-state index in [1.807, 2.05) is 54.6 Å². The number of hydrogen-bond acceptors (Lipinski definition) is 7. The number of aromatic amines is 1. The highest BCUT2D eigenvalue weighted by atomic mass is 32.1. The Bertz CT molecular complexity index is 2830. The van der Waals surface area contributed by atoms with Crippen LogP contribution in [0.2, 0.25) is 0 Å². The largest absolute Gasteiger partial charge is 0.341 e. The van der Waals surface area contributed by atoms with Crippen LogP contribution >= 0.6 is 22.7 Å². The topological polar surface area (TPSA) is 112 Å². The average Bonchev–Trinajstić information content (AvgIpc) is 4.07. The van der Waals surface area contributed by atoms with Crippen molar-refractivity contribution in [3.63, 3.8) is 0 Å². The molecular weight excluding hydrogens is 817 g/mol. The maximum atomic E-state index is 14.3. The van der Waals surface area contributed by atoms with Gasteiger partial charge < -0.3 is 15.6 Å². The second kappa shape index (κ2) is 19.6. The van der Waals surface area contributed by atoms with Gasteiger partial charge in [0.2, 0.25) is 11.8 Å². The van der Waals surface area contributed by atoms with Gasteiger partial charge in [0.05, 0.1) is 43.0 Å². The van der Waals surface area contributed by atoms with Crippen molar-refractivity contribution < 1.29 is 9.59 Å². The molecule has 1 aliphatic rings. The summed E-state index contributed by atoms with van der Waals surface area (Å²) in [5.74, 6) is 0.754. The molecule has 0 radical (unpaired) electrons. The molecule has 0 fully saturated rings. The molecule has 8 nitrogen and oxygen atoms in total. The number of amides is 2. The SMILES string of the molecule is CCCCC(CC)C(=O)NC1=NC(=Cc2[nH]c(NC(=O)C(CC)CCCC)c(-c3nc4ccccc4s3)c2-c2ccccc2C)C(c2ccccc2C)=C1c1nc2ccccc2s1. The lowest BCUT2D eigenvalue weighted by molar-refractivity contribution is -0.124. The number of aliphatic imine (C=N–C) groups is 1. The number of hydrogen-bond donors (Lipinski definition) is 3. The van der Waals surface area contributed by atoms with Gasteiger partial charge in [0.15, 0.2) is 0 Å². The number of carbonyl (C=O) groups excluding carboxylic acids is 2. The summed E-state index contributed by atoms with van der Waals surface area (Å²) in [7, 11) is 0. The van der Waals surface area contributed by atoms with E-state index in [4.69, 9.17) is 15.0 Å². The minimum absolute atomic E-state index is 0.0128. The first-order chi connectivity index (χ1) is 30.7. The third kappa shape index (κ3) is 9.11. The number of amidine groups is 1. The number of H-pyrrole nitrogens is 1. The van der Waals surface area contributed by atoms with Crippen molar-refractivity contribution in [2.45, 2.75) is 92.9 Å². The fourth-order valence-electron chi connectivity index (χ4n) is 8.56. The van der Waals surface area contributed by atoms with E-state index in [-0.39, 0.29) is 23.7 Å². The number of anilines is 1. The zero-order chi connectivity index (χ0) is 44.0. The smallest absolute Gasteiger partial charge is 0.228 e. The summed E-state index contributed by atoms with van der Waals surface area (Å²) in [6.07, 6.45) is 9.18. The molecule has 4 aromatic carbocycles. The average molecular weight is 873 g/mol. The number of nitrogens with one attached hydrogen (secondary N) is 3. The van der Waals surface area contributed by atoms with E-state index in [9.17, 15) is 9.59 Å².